The van der Waals surface area contributed by atoms with Gasteiger partial charge in [-0.05, 0) is 44.7 Å². The van der Waals surface area contributed by atoms with Crippen LogP contribution in [0.15, 0.2) is 29.4 Å². The van der Waals surface area contributed by atoms with Crippen LogP contribution >= 0.6 is 23.4 Å². The number of nitrogens with one attached hydrogen (secondary N) is 1. The molecule has 1 N–H and O–H groups in total. The summed E-state index contributed by atoms with van der Waals surface area (Å²) in [7, 11) is 0. The van der Waals surface area contributed by atoms with Gasteiger partial charge in [0.05, 0.1) is 17.4 Å². The highest BCUT2D eigenvalue weighted by Gasteiger charge is 2.30. The van der Waals surface area contributed by atoms with Gasteiger partial charge in [-0.2, -0.15) is 0 Å². The summed E-state index contributed by atoms with van der Waals surface area (Å²) in [4.78, 5) is 26.0. The van der Waals surface area contributed by atoms with Gasteiger partial charge in [0.15, 0.2) is 11.0 Å². The van der Waals surface area contributed by atoms with Crippen LogP contribution in [-0.2, 0) is 16.1 Å². The molecule has 0 spiro atoms. The van der Waals surface area contributed by atoms with E-state index in [1.54, 1.807) is 17.9 Å². The fourth-order valence-corrected chi connectivity index (χ4v) is 4.75. The number of likely N-dealkylation sites (tertiary alicyclic amines) is 1. The number of halogens is 1. The molecule has 0 atom stereocenters. The van der Waals surface area contributed by atoms with Crippen molar-refractivity contribution in [2.24, 2.45) is 0 Å². The highest BCUT2D eigenvalue weighted by Crippen LogP contribution is 2.39. The molecule has 1 saturated heterocycles. The standard InChI is InChI=1S/C22H28ClN5O4S/c1-2-31-22(30)27-11-9-15(10-12-27)24-20(29)14-33-21-26-25-19(28(21)16-7-8-16)13-32-18-6-4-3-5-17(18)23/h3-6,15-16H,2,7-14H2,1H3,(H,24,29). The molecule has 9 nitrogen and oxygen atoms in total. The van der Waals surface area contributed by atoms with Gasteiger partial charge < -0.3 is 19.7 Å². The zero-order chi connectivity index (χ0) is 23.2. The van der Waals surface area contributed by atoms with E-state index in [1.165, 1.54) is 11.8 Å². The third kappa shape index (κ3) is 6.32. The van der Waals surface area contributed by atoms with Gasteiger partial charge in [-0.1, -0.05) is 35.5 Å². The number of hydrogen-bond acceptors (Lipinski definition) is 7. The van der Waals surface area contributed by atoms with Crippen molar-refractivity contribution in [2.45, 2.75) is 56.5 Å². The molecule has 33 heavy (non-hydrogen) atoms. The van der Waals surface area contributed by atoms with Crippen molar-refractivity contribution in [3.05, 3.63) is 35.1 Å². The van der Waals surface area contributed by atoms with Crippen LogP contribution in [0.2, 0.25) is 5.02 Å². The van der Waals surface area contributed by atoms with E-state index in [1.807, 2.05) is 18.2 Å². The number of carbonyl (C=O) groups is 2. The van der Waals surface area contributed by atoms with E-state index in [2.05, 4.69) is 20.1 Å². The highest BCUT2D eigenvalue weighted by atomic mass is 35.5. The molecule has 2 heterocycles. The number of amides is 2. The first-order valence-corrected chi connectivity index (χ1v) is 12.6. The second-order valence-corrected chi connectivity index (χ2v) is 9.39. The number of benzene rings is 1. The summed E-state index contributed by atoms with van der Waals surface area (Å²) in [6, 6.07) is 7.73. The van der Waals surface area contributed by atoms with Crippen molar-refractivity contribution >= 4 is 35.4 Å². The molecule has 2 amide bonds. The topological polar surface area (TPSA) is 98.6 Å². The molecule has 2 fully saturated rings. The number of thioether (sulfide) groups is 1. The third-order valence-electron chi connectivity index (χ3n) is 5.56. The van der Waals surface area contributed by atoms with Gasteiger partial charge in [0.25, 0.3) is 0 Å². The maximum absolute atomic E-state index is 12.5. The van der Waals surface area contributed by atoms with Gasteiger partial charge in [-0.25, -0.2) is 4.79 Å². The summed E-state index contributed by atoms with van der Waals surface area (Å²) in [6.45, 7) is 3.59. The van der Waals surface area contributed by atoms with Gasteiger partial charge in [-0.3, -0.25) is 9.36 Å². The zero-order valence-corrected chi connectivity index (χ0v) is 20.1. The van der Waals surface area contributed by atoms with Crippen LogP contribution in [0.25, 0.3) is 0 Å². The SMILES string of the molecule is CCOC(=O)N1CCC(NC(=O)CSc2nnc(COc3ccccc3Cl)n2C2CC2)CC1. The average molecular weight is 494 g/mol. The molecule has 0 radical (unpaired) electrons. The Morgan fingerprint density at radius 2 is 1.94 bits per heavy atom. The number of para-hydroxylation sites is 1. The second-order valence-electron chi connectivity index (χ2n) is 8.04. The number of piperidine rings is 1. The first kappa shape index (κ1) is 23.7. The van der Waals surface area contributed by atoms with Crippen LogP contribution in [0.5, 0.6) is 5.75 Å². The Kier molecular flexibility index (Phi) is 7.97. The molecule has 2 aromatic rings. The summed E-state index contributed by atoms with van der Waals surface area (Å²) < 4.78 is 13.0. The van der Waals surface area contributed by atoms with Gasteiger partial charge in [0.1, 0.15) is 12.4 Å². The zero-order valence-electron chi connectivity index (χ0n) is 18.5. The first-order valence-electron chi connectivity index (χ1n) is 11.2. The van der Waals surface area contributed by atoms with Crippen LogP contribution in [0.3, 0.4) is 0 Å². The Morgan fingerprint density at radius 3 is 2.64 bits per heavy atom. The maximum Gasteiger partial charge on any atom is 0.409 e. The van der Waals surface area contributed by atoms with Crippen LogP contribution in [-0.4, -0.2) is 63.2 Å². The third-order valence-corrected chi connectivity index (χ3v) is 6.81. The molecule has 2 aliphatic rings. The predicted octanol–water partition coefficient (Wildman–Crippen LogP) is 3.67. The Bertz CT molecular complexity index is 975. The molecule has 4 rings (SSSR count). The molecule has 0 bridgehead atoms. The fraction of sp³-hybridized carbons (Fsp3) is 0.545. The molecule has 1 aliphatic heterocycles. The Hall–Kier alpha value is -2.46. The van der Waals surface area contributed by atoms with Crippen molar-refractivity contribution in [3.8, 4) is 5.75 Å². The summed E-state index contributed by atoms with van der Waals surface area (Å²) in [5, 5.41) is 12.9. The van der Waals surface area contributed by atoms with E-state index in [0.29, 0.717) is 36.5 Å². The maximum atomic E-state index is 12.5. The Morgan fingerprint density at radius 1 is 1.18 bits per heavy atom. The molecule has 178 valence electrons. The normalized spacial score (nSPS) is 16.5. The highest BCUT2D eigenvalue weighted by molar-refractivity contribution is 7.99. The predicted molar refractivity (Wildman–Crippen MR) is 125 cm³/mol. The van der Waals surface area contributed by atoms with E-state index >= 15 is 0 Å². The van der Waals surface area contributed by atoms with Crippen molar-refractivity contribution in [1.82, 2.24) is 25.0 Å². The Labute approximate surface area is 202 Å². The first-order chi connectivity index (χ1) is 16.0. The molecule has 1 aromatic heterocycles. The van der Waals surface area contributed by atoms with Gasteiger partial charge in [-0.15, -0.1) is 10.2 Å². The second kappa shape index (κ2) is 11.1. The van der Waals surface area contributed by atoms with E-state index in [4.69, 9.17) is 21.1 Å². The van der Waals surface area contributed by atoms with E-state index in [-0.39, 0.29) is 30.4 Å². The van der Waals surface area contributed by atoms with E-state index in [0.717, 1.165) is 36.7 Å². The van der Waals surface area contributed by atoms with Crippen molar-refractivity contribution < 1.29 is 19.1 Å². The van der Waals surface area contributed by atoms with Crippen LogP contribution < -0.4 is 10.1 Å². The van der Waals surface area contributed by atoms with Crippen LogP contribution in [0.4, 0.5) is 4.79 Å². The molecule has 1 aliphatic carbocycles. The minimum Gasteiger partial charge on any atom is -0.484 e. The molecular formula is C22H28ClN5O4S. The molecule has 1 aromatic carbocycles. The molecule has 0 unspecified atom stereocenters. The number of ether oxygens (including phenoxy) is 2. The summed E-state index contributed by atoms with van der Waals surface area (Å²) in [5.74, 6) is 1.54. The Balaban J connectivity index is 1.27. The number of nitrogens with zero attached hydrogens (tertiary/aromatic N) is 4. The summed E-state index contributed by atoms with van der Waals surface area (Å²) >= 11 is 7.55. The lowest BCUT2D eigenvalue weighted by atomic mass is 10.1. The van der Waals surface area contributed by atoms with Crippen molar-refractivity contribution in [2.75, 3.05) is 25.4 Å². The fourth-order valence-electron chi connectivity index (χ4n) is 3.73. The average Bonchev–Trinajstić information content (AvgIpc) is 3.57. The number of hydrogen-bond donors (Lipinski definition) is 1. The quantitative estimate of drug-likeness (QED) is 0.532. The lowest BCUT2D eigenvalue weighted by Gasteiger charge is -2.31. The van der Waals surface area contributed by atoms with Crippen LogP contribution in [0.1, 0.15) is 44.5 Å². The van der Waals surface area contributed by atoms with Crippen molar-refractivity contribution in [1.29, 1.82) is 0 Å². The lowest BCUT2D eigenvalue weighted by Crippen LogP contribution is -2.47. The largest absolute Gasteiger partial charge is 0.484 e. The molecule has 11 heteroatoms. The van der Waals surface area contributed by atoms with E-state index in [9.17, 15) is 9.59 Å². The monoisotopic (exact) mass is 493 g/mol. The smallest absolute Gasteiger partial charge is 0.409 e. The number of rotatable bonds is 9. The minimum atomic E-state index is -0.286. The molecule has 1 saturated carbocycles. The number of carbonyl (C=O) groups excluding carboxylic acids is 2. The summed E-state index contributed by atoms with van der Waals surface area (Å²) in [6.07, 6.45) is 3.28. The minimum absolute atomic E-state index is 0.0474. The van der Waals surface area contributed by atoms with Gasteiger partial charge in [0.2, 0.25) is 5.91 Å². The van der Waals surface area contributed by atoms with Gasteiger partial charge >= 0.3 is 6.09 Å². The van der Waals surface area contributed by atoms with E-state index < -0.39 is 0 Å². The van der Waals surface area contributed by atoms with Crippen LogP contribution in [0, 0.1) is 0 Å². The lowest BCUT2D eigenvalue weighted by molar-refractivity contribution is -0.119. The summed E-state index contributed by atoms with van der Waals surface area (Å²) in [5.41, 5.74) is 0. The van der Waals surface area contributed by atoms with Crippen molar-refractivity contribution in [3.63, 3.8) is 0 Å². The number of aromatic nitrogens is 3. The van der Waals surface area contributed by atoms with Gasteiger partial charge in [0, 0.05) is 25.2 Å². The molecular weight excluding hydrogens is 466 g/mol.